The van der Waals surface area contributed by atoms with Crippen LogP contribution in [0.25, 0.3) is 0 Å². The van der Waals surface area contributed by atoms with Gasteiger partial charge in [0.25, 0.3) is 5.79 Å². The fraction of sp³-hybridized carbons (Fsp3) is 0.227. The van der Waals surface area contributed by atoms with Gasteiger partial charge in [0.1, 0.15) is 11.9 Å². The molecular formula is C22H20O4. The average Bonchev–Trinajstić information content (AvgIpc) is 2.68. The number of carbonyl (C=O) groups excluding carboxylic acids is 1. The van der Waals surface area contributed by atoms with Gasteiger partial charge in [-0.2, -0.15) is 0 Å². The molecule has 0 aliphatic heterocycles. The predicted molar refractivity (Wildman–Crippen MR) is 99.5 cm³/mol. The molecule has 0 amide bonds. The lowest BCUT2D eigenvalue weighted by Gasteiger charge is -2.29. The average molecular weight is 348 g/mol. The lowest BCUT2D eigenvalue weighted by atomic mass is 9.95. The lowest BCUT2D eigenvalue weighted by molar-refractivity contribution is -0.176. The van der Waals surface area contributed by atoms with Gasteiger partial charge in [0.15, 0.2) is 0 Å². The van der Waals surface area contributed by atoms with Crippen molar-refractivity contribution in [1.29, 1.82) is 0 Å². The predicted octanol–water partition coefficient (Wildman–Crippen LogP) is 3.69. The molecule has 2 rings (SSSR count). The number of carbonyl (C=O) groups is 1. The van der Waals surface area contributed by atoms with Crippen LogP contribution in [0, 0.1) is 30.8 Å². The summed E-state index contributed by atoms with van der Waals surface area (Å²) in [6, 6.07) is 14.1. The molecule has 2 aromatic carbocycles. The van der Waals surface area contributed by atoms with Crippen molar-refractivity contribution in [2.75, 3.05) is 14.2 Å². The minimum atomic E-state index is -1.53. The zero-order valence-electron chi connectivity index (χ0n) is 15.3. The smallest absolute Gasteiger partial charge is 0.260 e. The van der Waals surface area contributed by atoms with E-state index in [9.17, 15) is 4.79 Å². The van der Waals surface area contributed by atoms with Crippen LogP contribution in [0.1, 0.15) is 28.4 Å². The molecule has 4 heteroatoms. The Labute approximate surface area is 154 Å². The Hall–Kier alpha value is -3.05. The van der Waals surface area contributed by atoms with E-state index in [1.807, 2.05) is 19.1 Å². The van der Waals surface area contributed by atoms with E-state index in [1.54, 1.807) is 43.3 Å². The first-order valence-electron chi connectivity index (χ1n) is 7.98. The summed E-state index contributed by atoms with van der Waals surface area (Å²) in [5, 5.41) is 0. The van der Waals surface area contributed by atoms with Gasteiger partial charge >= 0.3 is 0 Å². The molecule has 0 spiro atoms. The second-order valence-electron chi connectivity index (χ2n) is 5.45. The number of Topliss-reactive ketones (excluding diaryl/α,β-unsaturated/α-hetero) is 1. The standard InChI is InChI=1S/C22H20O4/c1-5-6-7-16-26-20-14-12-19(13-15-20)22(24-3,25-4)21(23)18-10-8-17(2)9-11-18/h8-15H,1-4H3. The van der Waals surface area contributed by atoms with Gasteiger partial charge in [0.2, 0.25) is 5.78 Å². The third-order valence-corrected chi connectivity index (χ3v) is 3.83. The molecular weight excluding hydrogens is 328 g/mol. The van der Waals surface area contributed by atoms with Crippen molar-refractivity contribution < 1.29 is 19.0 Å². The second-order valence-corrected chi connectivity index (χ2v) is 5.45. The van der Waals surface area contributed by atoms with Crippen LogP contribution in [0.4, 0.5) is 0 Å². The minimum absolute atomic E-state index is 0.283. The van der Waals surface area contributed by atoms with Crippen LogP contribution in [-0.4, -0.2) is 20.0 Å². The lowest BCUT2D eigenvalue weighted by Crippen LogP contribution is -2.40. The molecule has 0 fully saturated rings. The number of ether oxygens (including phenoxy) is 3. The zero-order valence-corrected chi connectivity index (χ0v) is 15.3. The fourth-order valence-electron chi connectivity index (χ4n) is 2.45. The number of rotatable bonds is 6. The zero-order chi connectivity index (χ0) is 19.0. The molecule has 0 atom stereocenters. The summed E-state index contributed by atoms with van der Waals surface area (Å²) >= 11 is 0. The number of methoxy groups -OCH3 is 2. The maximum atomic E-state index is 13.1. The second kappa shape index (κ2) is 8.87. The molecule has 0 aliphatic rings. The van der Waals surface area contributed by atoms with Gasteiger partial charge in [-0.3, -0.25) is 4.79 Å². The summed E-state index contributed by atoms with van der Waals surface area (Å²) in [6.07, 6.45) is 2.49. The Bertz CT molecular complexity index is 868. The summed E-state index contributed by atoms with van der Waals surface area (Å²) in [7, 11) is 2.88. The van der Waals surface area contributed by atoms with Crippen LogP contribution in [0.2, 0.25) is 0 Å². The van der Waals surface area contributed by atoms with Crippen LogP contribution in [0.5, 0.6) is 5.75 Å². The molecule has 132 valence electrons. The number of hydrogen-bond acceptors (Lipinski definition) is 4. The molecule has 0 unspecified atom stereocenters. The van der Waals surface area contributed by atoms with E-state index in [-0.39, 0.29) is 5.78 Å². The van der Waals surface area contributed by atoms with Gasteiger partial charge in [-0.1, -0.05) is 35.7 Å². The summed E-state index contributed by atoms with van der Waals surface area (Å²) in [6.45, 7) is 3.66. The maximum absolute atomic E-state index is 13.1. The Kier molecular flexibility index (Phi) is 6.58. The van der Waals surface area contributed by atoms with Crippen molar-refractivity contribution in [3.05, 3.63) is 65.2 Å². The summed E-state index contributed by atoms with van der Waals surface area (Å²) < 4.78 is 16.3. The van der Waals surface area contributed by atoms with E-state index in [4.69, 9.17) is 14.2 Å². The van der Waals surface area contributed by atoms with E-state index in [0.29, 0.717) is 16.9 Å². The van der Waals surface area contributed by atoms with Gasteiger partial charge < -0.3 is 14.2 Å². The molecule has 2 aromatic rings. The Balaban J connectivity index is 2.33. The highest BCUT2D eigenvalue weighted by Gasteiger charge is 2.41. The van der Waals surface area contributed by atoms with E-state index < -0.39 is 5.79 Å². The van der Waals surface area contributed by atoms with Crippen LogP contribution < -0.4 is 4.74 Å². The number of benzene rings is 2. The van der Waals surface area contributed by atoms with Crippen molar-refractivity contribution in [2.24, 2.45) is 0 Å². The van der Waals surface area contributed by atoms with Gasteiger partial charge in [0.05, 0.1) is 0 Å². The Morgan fingerprint density at radius 3 is 2.08 bits per heavy atom. The molecule has 0 radical (unpaired) electrons. The van der Waals surface area contributed by atoms with Gasteiger partial charge in [-0.05, 0) is 44.0 Å². The van der Waals surface area contributed by atoms with E-state index in [1.165, 1.54) is 14.2 Å². The highest BCUT2D eigenvalue weighted by Crippen LogP contribution is 2.31. The molecule has 0 heterocycles. The molecule has 0 saturated heterocycles. The first kappa shape index (κ1) is 19.3. The SMILES string of the molecule is CC#CC#COc1ccc(C(OC)(OC)C(=O)c2ccc(C)cc2)cc1. The van der Waals surface area contributed by atoms with Gasteiger partial charge in [0, 0.05) is 31.3 Å². The summed E-state index contributed by atoms with van der Waals surface area (Å²) in [5.74, 6) is 6.52. The van der Waals surface area contributed by atoms with E-state index >= 15 is 0 Å². The third-order valence-electron chi connectivity index (χ3n) is 3.83. The van der Waals surface area contributed by atoms with Crippen molar-refractivity contribution in [1.82, 2.24) is 0 Å². The normalized spacial score (nSPS) is 10.2. The van der Waals surface area contributed by atoms with Gasteiger partial charge in [-0.25, -0.2) is 0 Å². The fourth-order valence-corrected chi connectivity index (χ4v) is 2.45. The van der Waals surface area contributed by atoms with E-state index in [2.05, 4.69) is 23.9 Å². The number of ketones is 1. The molecule has 0 N–H and O–H groups in total. The van der Waals surface area contributed by atoms with Crippen molar-refractivity contribution >= 4 is 5.78 Å². The van der Waals surface area contributed by atoms with Gasteiger partial charge in [-0.15, -0.1) is 0 Å². The first-order valence-corrected chi connectivity index (χ1v) is 7.98. The molecule has 0 saturated carbocycles. The highest BCUT2D eigenvalue weighted by molar-refractivity contribution is 6.02. The molecule has 26 heavy (non-hydrogen) atoms. The van der Waals surface area contributed by atoms with Crippen molar-refractivity contribution in [2.45, 2.75) is 19.6 Å². The third kappa shape index (κ3) is 4.13. The largest absolute Gasteiger partial charge is 0.407 e. The van der Waals surface area contributed by atoms with Crippen LogP contribution in [-0.2, 0) is 15.3 Å². The van der Waals surface area contributed by atoms with Crippen molar-refractivity contribution in [3.63, 3.8) is 0 Å². The number of aryl methyl sites for hydroxylation is 1. The van der Waals surface area contributed by atoms with Crippen LogP contribution in [0.3, 0.4) is 0 Å². The van der Waals surface area contributed by atoms with E-state index in [0.717, 1.165) is 5.56 Å². The molecule has 0 aliphatic carbocycles. The quantitative estimate of drug-likeness (QED) is 0.454. The molecule has 0 bridgehead atoms. The van der Waals surface area contributed by atoms with Crippen LogP contribution in [0.15, 0.2) is 48.5 Å². The monoisotopic (exact) mass is 348 g/mol. The first-order chi connectivity index (χ1) is 12.6. The molecule has 0 aromatic heterocycles. The number of hydrogen-bond donors (Lipinski definition) is 0. The summed E-state index contributed by atoms with van der Waals surface area (Å²) in [5.41, 5.74) is 2.13. The minimum Gasteiger partial charge on any atom is -0.407 e. The Morgan fingerprint density at radius 2 is 1.54 bits per heavy atom. The van der Waals surface area contributed by atoms with Crippen LogP contribution >= 0.6 is 0 Å². The molecule has 4 nitrogen and oxygen atoms in total. The van der Waals surface area contributed by atoms with Crippen molar-refractivity contribution in [3.8, 4) is 29.6 Å². The summed E-state index contributed by atoms with van der Waals surface area (Å²) in [4.78, 5) is 13.1. The maximum Gasteiger partial charge on any atom is 0.260 e. The topological polar surface area (TPSA) is 44.8 Å². The highest BCUT2D eigenvalue weighted by atomic mass is 16.7. The Morgan fingerprint density at radius 1 is 0.923 bits per heavy atom.